The molecule has 5 nitrogen and oxygen atoms in total. The molecule has 3 N–H and O–H groups in total. The van der Waals surface area contributed by atoms with Crippen molar-refractivity contribution in [3.05, 3.63) is 23.4 Å². The van der Waals surface area contributed by atoms with Crippen LogP contribution in [0, 0.1) is 0 Å². The molecule has 0 aliphatic carbocycles. The number of piperazine rings is 1. The van der Waals surface area contributed by atoms with Crippen molar-refractivity contribution in [2.24, 2.45) is 5.73 Å². The number of hydrogen-bond donors (Lipinski definition) is 2. The Morgan fingerprint density at radius 1 is 1.40 bits per heavy atom. The van der Waals surface area contributed by atoms with Crippen LogP contribution < -0.4 is 16.0 Å². The zero-order chi connectivity index (χ0) is 14.8. The van der Waals surface area contributed by atoms with Crippen LogP contribution in [-0.2, 0) is 17.4 Å². The van der Waals surface area contributed by atoms with Crippen molar-refractivity contribution in [3.63, 3.8) is 0 Å². The van der Waals surface area contributed by atoms with Crippen molar-refractivity contribution < 1.29 is 18.0 Å². The Kier molecular flexibility index (Phi) is 4.12. The molecule has 2 rings (SSSR count). The molecule has 20 heavy (non-hydrogen) atoms. The Hall–Kier alpha value is -1.83. The Bertz CT molecular complexity index is 498. The van der Waals surface area contributed by atoms with Crippen molar-refractivity contribution in [1.82, 2.24) is 10.3 Å². The van der Waals surface area contributed by atoms with Crippen LogP contribution in [0.4, 0.5) is 19.0 Å². The van der Waals surface area contributed by atoms with Gasteiger partial charge in [-0.05, 0) is 6.07 Å². The second kappa shape index (κ2) is 5.66. The normalized spacial score (nSPS) is 16.2. The lowest BCUT2D eigenvalue weighted by atomic mass is 10.1. The molecule has 0 atom stereocenters. The van der Waals surface area contributed by atoms with E-state index in [1.165, 1.54) is 0 Å². The first-order valence-corrected chi connectivity index (χ1v) is 6.18. The van der Waals surface area contributed by atoms with E-state index in [1.54, 1.807) is 0 Å². The molecule has 1 amide bonds. The molecule has 1 aromatic rings. The van der Waals surface area contributed by atoms with E-state index in [-0.39, 0.29) is 12.0 Å². The highest BCUT2D eigenvalue weighted by Crippen LogP contribution is 2.31. The predicted molar refractivity (Wildman–Crippen MR) is 67.2 cm³/mol. The Morgan fingerprint density at radius 2 is 2.05 bits per heavy atom. The number of alkyl halides is 3. The third-order valence-electron chi connectivity index (χ3n) is 3.05. The number of amides is 1. The van der Waals surface area contributed by atoms with E-state index < -0.39 is 17.6 Å². The summed E-state index contributed by atoms with van der Waals surface area (Å²) < 4.78 is 38.1. The van der Waals surface area contributed by atoms with Gasteiger partial charge >= 0.3 is 6.18 Å². The van der Waals surface area contributed by atoms with Crippen molar-refractivity contribution in [3.8, 4) is 0 Å². The van der Waals surface area contributed by atoms with Gasteiger partial charge in [-0.3, -0.25) is 4.79 Å². The number of anilines is 1. The van der Waals surface area contributed by atoms with E-state index in [2.05, 4.69) is 10.3 Å². The summed E-state index contributed by atoms with van der Waals surface area (Å²) in [7, 11) is 0. The highest BCUT2D eigenvalue weighted by atomic mass is 19.4. The number of hydrogen-bond acceptors (Lipinski definition) is 4. The number of carbonyl (C=O) groups excluding carboxylic acids is 1. The topological polar surface area (TPSA) is 71.2 Å². The molecule has 2 heterocycles. The largest absolute Gasteiger partial charge is 0.417 e. The second-order valence-corrected chi connectivity index (χ2v) is 4.58. The van der Waals surface area contributed by atoms with Crippen LogP contribution >= 0.6 is 0 Å². The SMILES string of the molecule is NC(=O)Cc1cc(C(F)(F)F)cnc1N1CCNCC1. The molecule has 0 radical (unpaired) electrons. The third-order valence-corrected chi connectivity index (χ3v) is 3.05. The summed E-state index contributed by atoms with van der Waals surface area (Å²) in [4.78, 5) is 16.8. The zero-order valence-electron chi connectivity index (χ0n) is 10.7. The van der Waals surface area contributed by atoms with Crippen LogP contribution in [0.5, 0.6) is 0 Å². The summed E-state index contributed by atoms with van der Waals surface area (Å²) in [5, 5.41) is 3.14. The molecule has 0 spiro atoms. The predicted octanol–water partition coefficient (Wildman–Crippen LogP) is 0.538. The summed E-state index contributed by atoms with van der Waals surface area (Å²) >= 11 is 0. The van der Waals surface area contributed by atoms with Gasteiger partial charge in [-0.1, -0.05) is 0 Å². The van der Waals surface area contributed by atoms with Gasteiger partial charge < -0.3 is 16.0 Å². The molecule has 0 bridgehead atoms. The number of halogens is 3. The molecular weight excluding hydrogens is 273 g/mol. The molecular formula is C12H15F3N4O. The lowest BCUT2D eigenvalue weighted by molar-refractivity contribution is -0.138. The number of nitrogens with two attached hydrogens (primary N) is 1. The fraction of sp³-hybridized carbons (Fsp3) is 0.500. The minimum Gasteiger partial charge on any atom is -0.369 e. The summed E-state index contributed by atoms with van der Waals surface area (Å²) in [6.07, 6.45) is -3.95. The van der Waals surface area contributed by atoms with Gasteiger partial charge in [0.05, 0.1) is 12.0 Å². The summed E-state index contributed by atoms with van der Waals surface area (Å²) in [5.74, 6) is -0.277. The first kappa shape index (κ1) is 14.6. The Labute approximate surface area is 114 Å². The van der Waals surface area contributed by atoms with Gasteiger partial charge in [-0.2, -0.15) is 13.2 Å². The number of rotatable bonds is 3. The molecule has 1 aliphatic rings. The minimum absolute atomic E-state index is 0.217. The number of carbonyl (C=O) groups is 1. The van der Waals surface area contributed by atoms with Crippen molar-refractivity contribution in [2.45, 2.75) is 12.6 Å². The van der Waals surface area contributed by atoms with Crippen molar-refractivity contribution >= 4 is 11.7 Å². The molecule has 1 aromatic heterocycles. The number of nitrogens with one attached hydrogen (secondary N) is 1. The molecule has 0 saturated carbocycles. The highest BCUT2D eigenvalue weighted by Gasteiger charge is 2.32. The summed E-state index contributed by atoms with van der Waals surface area (Å²) in [5.41, 5.74) is 4.45. The standard InChI is InChI=1S/C12H15F3N4O/c13-12(14,15)9-5-8(6-10(16)20)11(18-7-9)19-3-1-17-2-4-19/h5,7,17H,1-4,6H2,(H2,16,20). The Morgan fingerprint density at radius 3 is 2.60 bits per heavy atom. The molecule has 1 fully saturated rings. The van der Waals surface area contributed by atoms with E-state index in [1.807, 2.05) is 4.90 Å². The molecule has 8 heteroatoms. The average molecular weight is 288 g/mol. The van der Waals surface area contributed by atoms with Gasteiger partial charge in [0.15, 0.2) is 0 Å². The van der Waals surface area contributed by atoms with Crippen LogP contribution in [0.25, 0.3) is 0 Å². The van der Waals surface area contributed by atoms with E-state index in [9.17, 15) is 18.0 Å². The van der Waals surface area contributed by atoms with Gasteiger partial charge in [-0.15, -0.1) is 0 Å². The minimum atomic E-state index is -4.48. The average Bonchev–Trinajstić information content (AvgIpc) is 2.38. The van der Waals surface area contributed by atoms with E-state index in [0.717, 1.165) is 25.4 Å². The Balaban J connectivity index is 2.36. The molecule has 1 saturated heterocycles. The quantitative estimate of drug-likeness (QED) is 0.851. The fourth-order valence-electron chi connectivity index (χ4n) is 2.14. The van der Waals surface area contributed by atoms with Crippen LogP contribution in [0.3, 0.4) is 0 Å². The maximum Gasteiger partial charge on any atom is 0.417 e. The van der Waals surface area contributed by atoms with Crippen LogP contribution in [0.2, 0.25) is 0 Å². The number of primary amides is 1. The number of nitrogens with zero attached hydrogens (tertiary/aromatic N) is 2. The lowest BCUT2D eigenvalue weighted by Crippen LogP contribution is -2.44. The van der Waals surface area contributed by atoms with Gasteiger partial charge in [0.2, 0.25) is 5.91 Å². The highest BCUT2D eigenvalue weighted by molar-refractivity contribution is 5.78. The van der Waals surface area contributed by atoms with E-state index >= 15 is 0 Å². The molecule has 0 aromatic carbocycles. The summed E-state index contributed by atoms with van der Waals surface area (Å²) in [6, 6.07) is 0.953. The van der Waals surface area contributed by atoms with Gasteiger partial charge in [0.1, 0.15) is 5.82 Å². The van der Waals surface area contributed by atoms with Gasteiger partial charge in [-0.25, -0.2) is 4.98 Å². The second-order valence-electron chi connectivity index (χ2n) is 4.58. The molecule has 110 valence electrons. The third kappa shape index (κ3) is 3.38. The number of pyridine rings is 1. The van der Waals surface area contributed by atoms with Crippen molar-refractivity contribution in [1.29, 1.82) is 0 Å². The van der Waals surface area contributed by atoms with Crippen molar-refractivity contribution in [2.75, 3.05) is 31.1 Å². The van der Waals surface area contributed by atoms with E-state index in [0.29, 0.717) is 18.9 Å². The lowest BCUT2D eigenvalue weighted by Gasteiger charge is -2.30. The maximum absolute atomic E-state index is 12.7. The first-order valence-electron chi connectivity index (χ1n) is 6.18. The first-order chi connectivity index (χ1) is 9.38. The van der Waals surface area contributed by atoms with Crippen LogP contribution in [0.15, 0.2) is 12.3 Å². The van der Waals surface area contributed by atoms with Crippen LogP contribution in [-0.4, -0.2) is 37.1 Å². The fourth-order valence-corrected chi connectivity index (χ4v) is 2.14. The summed E-state index contributed by atoms with van der Waals surface area (Å²) in [6.45, 7) is 2.70. The smallest absolute Gasteiger partial charge is 0.369 e. The molecule has 0 unspecified atom stereocenters. The number of aromatic nitrogens is 1. The van der Waals surface area contributed by atoms with Gasteiger partial charge in [0, 0.05) is 37.9 Å². The van der Waals surface area contributed by atoms with Crippen LogP contribution in [0.1, 0.15) is 11.1 Å². The molecule has 1 aliphatic heterocycles. The van der Waals surface area contributed by atoms with Gasteiger partial charge in [0.25, 0.3) is 0 Å². The maximum atomic E-state index is 12.7. The zero-order valence-corrected chi connectivity index (χ0v) is 10.7. The van der Waals surface area contributed by atoms with E-state index in [4.69, 9.17) is 5.73 Å². The monoisotopic (exact) mass is 288 g/mol.